The lowest BCUT2D eigenvalue weighted by atomic mass is 10.1. The highest BCUT2D eigenvalue weighted by Gasteiger charge is 2.26. The van der Waals surface area contributed by atoms with Crippen LogP contribution >= 0.6 is 0 Å². The summed E-state index contributed by atoms with van der Waals surface area (Å²) in [5.74, 6) is -0.240. The third-order valence-corrected chi connectivity index (χ3v) is 2.31. The molecule has 0 saturated carbocycles. The maximum Gasteiger partial charge on any atom is 0.270 e. The molecule has 1 aliphatic rings. The number of nitrogens with one attached hydrogen (secondary N) is 1. The van der Waals surface area contributed by atoms with E-state index in [4.69, 9.17) is 0 Å². The largest absolute Gasteiger partial charge is 0.345 e. The number of nitro groups is 1. The molecule has 0 aliphatic carbocycles. The lowest BCUT2D eigenvalue weighted by molar-refractivity contribution is -0.384. The summed E-state index contributed by atoms with van der Waals surface area (Å²) in [6.45, 7) is 1.84. The van der Waals surface area contributed by atoms with Gasteiger partial charge in [-0.3, -0.25) is 14.9 Å². The first-order valence-corrected chi connectivity index (χ1v) is 4.19. The number of hydrogen-bond acceptors (Lipinski definition) is 3. The Hall–Kier alpha value is -1.91. The predicted octanol–water partition coefficient (Wildman–Crippen LogP) is 1.40. The molecule has 1 aliphatic heterocycles. The van der Waals surface area contributed by atoms with Crippen molar-refractivity contribution < 1.29 is 9.72 Å². The number of rotatable bonds is 1. The van der Waals surface area contributed by atoms with E-state index in [1.165, 1.54) is 12.1 Å². The standard InChI is InChI=1S/C9H8N2O3/c1-5-7-3-2-6(11(13)14)4-8(7)9(12)10-5/h2-5H,1H3,(H,10,12)/t5-/m0/s1. The van der Waals surface area contributed by atoms with Crippen LogP contribution in [0, 0.1) is 10.1 Å². The minimum atomic E-state index is -0.503. The van der Waals surface area contributed by atoms with E-state index in [0.717, 1.165) is 5.56 Å². The molecule has 1 atom stereocenters. The van der Waals surface area contributed by atoms with Gasteiger partial charge in [0, 0.05) is 12.1 Å². The third kappa shape index (κ3) is 1.14. The summed E-state index contributed by atoms with van der Waals surface area (Å²) >= 11 is 0. The van der Waals surface area contributed by atoms with Gasteiger partial charge in [0.05, 0.1) is 16.5 Å². The maximum absolute atomic E-state index is 11.3. The molecule has 1 aromatic rings. The monoisotopic (exact) mass is 192 g/mol. The van der Waals surface area contributed by atoms with E-state index in [1.807, 2.05) is 6.92 Å². The van der Waals surface area contributed by atoms with Gasteiger partial charge in [0.1, 0.15) is 0 Å². The molecular weight excluding hydrogens is 184 g/mol. The SMILES string of the molecule is C[C@@H]1NC(=O)c2cc([N+](=O)[O-])ccc21. The van der Waals surface area contributed by atoms with E-state index in [-0.39, 0.29) is 17.6 Å². The van der Waals surface area contributed by atoms with E-state index in [2.05, 4.69) is 5.32 Å². The van der Waals surface area contributed by atoms with Gasteiger partial charge in [-0.2, -0.15) is 0 Å². The summed E-state index contributed by atoms with van der Waals surface area (Å²) in [7, 11) is 0. The van der Waals surface area contributed by atoms with Crippen molar-refractivity contribution in [2.75, 3.05) is 0 Å². The van der Waals surface area contributed by atoms with Gasteiger partial charge in [0.25, 0.3) is 11.6 Å². The van der Waals surface area contributed by atoms with Gasteiger partial charge in [-0.15, -0.1) is 0 Å². The zero-order valence-corrected chi connectivity index (χ0v) is 7.48. The average Bonchev–Trinajstić information content (AvgIpc) is 2.42. The molecule has 1 aromatic carbocycles. The first-order chi connectivity index (χ1) is 6.59. The molecule has 0 unspecified atom stereocenters. The number of fused-ring (bicyclic) bond motifs is 1. The Morgan fingerprint density at radius 2 is 2.21 bits per heavy atom. The Kier molecular flexibility index (Phi) is 1.73. The number of non-ortho nitro benzene ring substituents is 1. The molecule has 1 N–H and O–H groups in total. The van der Waals surface area contributed by atoms with Crippen LogP contribution in [0.2, 0.25) is 0 Å². The summed E-state index contributed by atoms with van der Waals surface area (Å²) in [5, 5.41) is 13.1. The minimum absolute atomic E-state index is 0.0481. The van der Waals surface area contributed by atoms with Gasteiger partial charge in [-0.25, -0.2) is 0 Å². The van der Waals surface area contributed by atoms with E-state index in [1.54, 1.807) is 6.07 Å². The van der Waals surface area contributed by atoms with Gasteiger partial charge in [-0.05, 0) is 18.6 Å². The second kappa shape index (κ2) is 2.80. The van der Waals surface area contributed by atoms with E-state index in [9.17, 15) is 14.9 Å². The molecule has 0 fully saturated rings. The predicted molar refractivity (Wildman–Crippen MR) is 49.0 cm³/mol. The second-order valence-electron chi connectivity index (χ2n) is 3.22. The summed E-state index contributed by atoms with van der Waals surface area (Å²) in [4.78, 5) is 21.3. The number of nitrogens with zero attached hydrogens (tertiary/aromatic N) is 1. The Morgan fingerprint density at radius 3 is 2.86 bits per heavy atom. The van der Waals surface area contributed by atoms with Crippen LogP contribution in [0.5, 0.6) is 0 Å². The highest BCUT2D eigenvalue weighted by atomic mass is 16.6. The quantitative estimate of drug-likeness (QED) is 0.540. The van der Waals surface area contributed by atoms with Crippen molar-refractivity contribution in [2.24, 2.45) is 0 Å². The number of carbonyl (C=O) groups excluding carboxylic acids is 1. The van der Waals surface area contributed by atoms with Crippen molar-refractivity contribution in [3.05, 3.63) is 39.4 Å². The van der Waals surface area contributed by atoms with E-state index < -0.39 is 4.92 Å². The first-order valence-electron chi connectivity index (χ1n) is 4.19. The first kappa shape index (κ1) is 8.68. The number of nitro benzene ring substituents is 1. The van der Waals surface area contributed by atoms with Crippen molar-refractivity contribution in [3.63, 3.8) is 0 Å². The van der Waals surface area contributed by atoms with Crippen LogP contribution in [0.1, 0.15) is 28.9 Å². The summed E-state index contributed by atoms with van der Waals surface area (Å²) < 4.78 is 0. The summed E-state index contributed by atoms with van der Waals surface area (Å²) in [5.41, 5.74) is 1.18. The fraction of sp³-hybridized carbons (Fsp3) is 0.222. The number of carbonyl (C=O) groups is 1. The van der Waals surface area contributed by atoms with Gasteiger partial charge in [-0.1, -0.05) is 0 Å². The van der Waals surface area contributed by atoms with Crippen LogP contribution in [-0.4, -0.2) is 10.8 Å². The van der Waals surface area contributed by atoms with E-state index >= 15 is 0 Å². The van der Waals surface area contributed by atoms with E-state index in [0.29, 0.717) is 5.56 Å². The minimum Gasteiger partial charge on any atom is -0.345 e. The Balaban J connectivity index is 2.55. The smallest absolute Gasteiger partial charge is 0.270 e. The molecule has 14 heavy (non-hydrogen) atoms. The summed E-state index contributed by atoms with van der Waals surface area (Å²) in [6, 6.07) is 4.29. The number of amides is 1. The Labute approximate surface area is 79.9 Å². The van der Waals surface area contributed by atoms with Crippen LogP contribution in [0.3, 0.4) is 0 Å². The highest BCUT2D eigenvalue weighted by molar-refractivity contribution is 5.99. The maximum atomic E-state index is 11.3. The fourth-order valence-electron chi connectivity index (χ4n) is 1.58. The molecule has 1 amide bonds. The molecule has 0 aromatic heterocycles. The lowest BCUT2D eigenvalue weighted by Gasteiger charge is -2.01. The van der Waals surface area contributed by atoms with Gasteiger partial charge in [0.2, 0.25) is 0 Å². The summed E-state index contributed by atoms with van der Waals surface area (Å²) in [6.07, 6.45) is 0. The molecule has 0 saturated heterocycles. The van der Waals surface area contributed by atoms with Crippen LogP contribution in [0.25, 0.3) is 0 Å². The molecule has 72 valence electrons. The van der Waals surface area contributed by atoms with Gasteiger partial charge >= 0.3 is 0 Å². The van der Waals surface area contributed by atoms with Crippen LogP contribution in [0.4, 0.5) is 5.69 Å². The fourth-order valence-corrected chi connectivity index (χ4v) is 1.58. The van der Waals surface area contributed by atoms with Crippen LogP contribution in [0.15, 0.2) is 18.2 Å². The van der Waals surface area contributed by atoms with Gasteiger partial charge < -0.3 is 5.32 Å². The molecule has 0 bridgehead atoms. The lowest BCUT2D eigenvalue weighted by Crippen LogP contribution is -2.16. The van der Waals surface area contributed by atoms with Crippen molar-refractivity contribution in [1.82, 2.24) is 5.32 Å². The third-order valence-electron chi connectivity index (χ3n) is 2.31. The van der Waals surface area contributed by atoms with Crippen molar-refractivity contribution >= 4 is 11.6 Å². The Bertz CT molecular complexity index is 428. The molecule has 2 rings (SSSR count). The van der Waals surface area contributed by atoms with Crippen LogP contribution in [-0.2, 0) is 0 Å². The number of benzene rings is 1. The number of hydrogen-bond donors (Lipinski definition) is 1. The zero-order chi connectivity index (χ0) is 10.3. The molecule has 0 radical (unpaired) electrons. The van der Waals surface area contributed by atoms with Gasteiger partial charge in [0.15, 0.2) is 0 Å². The second-order valence-corrected chi connectivity index (χ2v) is 3.22. The van der Waals surface area contributed by atoms with Crippen molar-refractivity contribution in [3.8, 4) is 0 Å². The molecule has 5 heteroatoms. The van der Waals surface area contributed by atoms with Crippen LogP contribution < -0.4 is 5.32 Å². The normalized spacial score (nSPS) is 18.9. The topological polar surface area (TPSA) is 72.2 Å². The molecule has 0 spiro atoms. The molecule has 5 nitrogen and oxygen atoms in total. The molecular formula is C9H8N2O3. The highest BCUT2D eigenvalue weighted by Crippen LogP contribution is 2.27. The Morgan fingerprint density at radius 1 is 1.50 bits per heavy atom. The van der Waals surface area contributed by atoms with Crippen molar-refractivity contribution in [2.45, 2.75) is 13.0 Å². The average molecular weight is 192 g/mol. The zero-order valence-electron chi connectivity index (χ0n) is 7.48. The van der Waals surface area contributed by atoms with Crippen molar-refractivity contribution in [1.29, 1.82) is 0 Å². The molecule has 1 heterocycles.